The van der Waals surface area contributed by atoms with E-state index in [1.807, 2.05) is 17.8 Å². The third-order valence-electron chi connectivity index (χ3n) is 1.58. The molecule has 1 rings (SSSR count). The first-order chi connectivity index (χ1) is 5.40. The second-order valence-electron chi connectivity index (χ2n) is 3.55. The molecule has 0 aliphatic carbocycles. The number of aliphatic hydroxyl groups is 1. The summed E-state index contributed by atoms with van der Waals surface area (Å²) in [5.41, 5.74) is 0.414. The zero-order chi connectivity index (χ0) is 9.35. The van der Waals surface area contributed by atoms with Crippen molar-refractivity contribution in [2.24, 2.45) is 0 Å². The third kappa shape index (κ3) is 2.45. The second kappa shape index (κ2) is 3.33. The first kappa shape index (κ1) is 9.98. The van der Waals surface area contributed by atoms with E-state index in [2.05, 4.69) is 27.7 Å². The summed E-state index contributed by atoms with van der Waals surface area (Å²) in [6.07, 6.45) is 1.81. The Morgan fingerprint density at radius 1 is 1.67 bits per heavy atom. The molecule has 4 heteroatoms. The lowest BCUT2D eigenvalue weighted by atomic mass is 10.1. The fraction of sp³-hybridized carbons (Fsp3) is 0.625. The van der Waals surface area contributed by atoms with Crippen LogP contribution in [0.15, 0.2) is 6.20 Å². The smallest absolute Gasteiger partial charge is 0.0786 e. The van der Waals surface area contributed by atoms with Crippen molar-refractivity contribution in [2.45, 2.75) is 32.9 Å². The summed E-state index contributed by atoms with van der Waals surface area (Å²) >= 11 is 2.23. The molecule has 0 unspecified atom stereocenters. The van der Waals surface area contributed by atoms with Crippen molar-refractivity contribution in [3.8, 4) is 0 Å². The molecule has 0 saturated heterocycles. The van der Waals surface area contributed by atoms with Gasteiger partial charge >= 0.3 is 0 Å². The molecule has 0 atom stereocenters. The van der Waals surface area contributed by atoms with Gasteiger partial charge in [-0.2, -0.15) is 5.10 Å². The van der Waals surface area contributed by atoms with Gasteiger partial charge in [-0.25, -0.2) is 0 Å². The fourth-order valence-electron chi connectivity index (χ4n) is 0.950. The Bertz CT molecular complexity index is 275. The van der Waals surface area contributed by atoms with Gasteiger partial charge in [-0.1, -0.05) is 0 Å². The van der Waals surface area contributed by atoms with E-state index in [0.29, 0.717) is 6.54 Å². The summed E-state index contributed by atoms with van der Waals surface area (Å²) in [7, 11) is 0. The molecule has 68 valence electrons. The van der Waals surface area contributed by atoms with Crippen LogP contribution in [0.2, 0.25) is 0 Å². The van der Waals surface area contributed by atoms with E-state index in [1.54, 1.807) is 13.8 Å². The Hall–Kier alpha value is -0.100. The van der Waals surface area contributed by atoms with Gasteiger partial charge in [0.1, 0.15) is 0 Å². The van der Waals surface area contributed by atoms with E-state index in [4.69, 9.17) is 0 Å². The number of halogens is 1. The molecular formula is C8H13IN2O. The number of hydrogen-bond acceptors (Lipinski definition) is 2. The molecule has 1 aromatic heterocycles. The number of hydrogen-bond donors (Lipinski definition) is 1. The fourth-order valence-corrected chi connectivity index (χ4v) is 1.35. The summed E-state index contributed by atoms with van der Waals surface area (Å²) in [6.45, 7) is 6.10. The highest BCUT2D eigenvalue weighted by Crippen LogP contribution is 2.13. The molecule has 0 aromatic carbocycles. The Kier molecular flexibility index (Phi) is 2.77. The molecule has 3 nitrogen and oxygen atoms in total. The van der Waals surface area contributed by atoms with E-state index >= 15 is 0 Å². The van der Waals surface area contributed by atoms with Crippen molar-refractivity contribution in [3.63, 3.8) is 0 Å². The molecule has 1 N–H and O–H groups in total. The highest BCUT2D eigenvalue weighted by atomic mass is 127. The van der Waals surface area contributed by atoms with Crippen molar-refractivity contribution in [1.82, 2.24) is 9.78 Å². The van der Waals surface area contributed by atoms with E-state index < -0.39 is 5.60 Å². The van der Waals surface area contributed by atoms with Gasteiger partial charge in [-0.3, -0.25) is 4.68 Å². The molecular weight excluding hydrogens is 267 g/mol. The molecule has 0 radical (unpaired) electrons. The van der Waals surface area contributed by atoms with Gasteiger partial charge in [-0.15, -0.1) is 0 Å². The number of aromatic nitrogens is 2. The van der Waals surface area contributed by atoms with Crippen LogP contribution in [0.3, 0.4) is 0 Å². The van der Waals surface area contributed by atoms with Gasteiger partial charge in [0.15, 0.2) is 0 Å². The van der Waals surface area contributed by atoms with Crippen LogP contribution in [-0.4, -0.2) is 20.5 Å². The molecule has 0 amide bonds. The largest absolute Gasteiger partial charge is 0.389 e. The molecule has 1 heterocycles. The lowest BCUT2D eigenvalue weighted by molar-refractivity contribution is 0.0570. The SMILES string of the molecule is Cc1c(I)cnn1CC(C)(C)O. The van der Waals surface area contributed by atoms with E-state index in [9.17, 15) is 5.11 Å². The Labute approximate surface area is 85.9 Å². The molecule has 0 aliphatic rings. The highest BCUT2D eigenvalue weighted by molar-refractivity contribution is 14.1. The number of nitrogens with zero attached hydrogens (tertiary/aromatic N) is 2. The maximum absolute atomic E-state index is 9.54. The Morgan fingerprint density at radius 3 is 2.58 bits per heavy atom. The predicted molar refractivity (Wildman–Crippen MR) is 56.0 cm³/mol. The van der Waals surface area contributed by atoms with Gasteiger partial charge < -0.3 is 5.11 Å². The zero-order valence-corrected chi connectivity index (χ0v) is 9.66. The van der Waals surface area contributed by atoms with Crippen LogP contribution in [-0.2, 0) is 6.54 Å². The normalized spacial score (nSPS) is 12.1. The van der Waals surface area contributed by atoms with Crippen molar-refractivity contribution in [1.29, 1.82) is 0 Å². The van der Waals surface area contributed by atoms with Crippen molar-refractivity contribution in [2.75, 3.05) is 0 Å². The lowest BCUT2D eigenvalue weighted by Crippen LogP contribution is -2.27. The van der Waals surface area contributed by atoms with Crippen molar-refractivity contribution < 1.29 is 5.11 Å². The first-order valence-corrected chi connectivity index (χ1v) is 4.88. The molecule has 1 aromatic rings. The van der Waals surface area contributed by atoms with Gasteiger partial charge in [-0.05, 0) is 43.4 Å². The average molecular weight is 280 g/mol. The predicted octanol–water partition coefficient (Wildman–Crippen LogP) is 1.57. The van der Waals surface area contributed by atoms with Crippen LogP contribution in [0.1, 0.15) is 19.5 Å². The number of rotatable bonds is 2. The van der Waals surface area contributed by atoms with Gasteiger partial charge in [0.2, 0.25) is 0 Å². The molecule has 0 fully saturated rings. The van der Waals surface area contributed by atoms with Crippen LogP contribution >= 0.6 is 22.6 Å². The lowest BCUT2D eigenvalue weighted by Gasteiger charge is -2.17. The van der Waals surface area contributed by atoms with E-state index in [1.165, 1.54) is 0 Å². The van der Waals surface area contributed by atoms with Gasteiger partial charge in [0.25, 0.3) is 0 Å². The summed E-state index contributed by atoms with van der Waals surface area (Å²) < 4.78 is 2.96. The minimum absolute atomic E-state index is 0.543. The van der Waals surface area contributed by atoms with Gasteiger partial charge in [0.05, 0.1) is 21.9 Å². The summed E-state index contributed by atoms with van der Waals surface area (Å²) in [5, 5.41) is 13.7. The average Bonchev–Trinajstić information content (AvgIpc) is 2.16. The van der Waals surface area contributed by atoms with Crippen LogP contribution < -0.4 is 0 Å². The standard InChI is InChI=1S/C8H13IN2O/c1-6-7(9)4-10-11(6)5-8(2,3)12/h4,12H,5H2,1-3H3. The molecule has 0 saturated carbocycles. The summed E-state index contributed by atoms with van der Waals surface area (Å²) in [5.74, 6) is 0. The Morgan fingerprint density at radius 2 is 2.25 bits per heavy atom. The topological polar surface area (TPSA) is 38.0 Å². The highest BCUT2D eigenvalue weighted by Gasteiger charge is 2.15. The summed E-state index contributed by atoms with van der Waals surface area (Å²) in [4.78, 5) is 0. The molecule has 0 spiro atoms. The van der Waals surface area contributed by atoms with Crippen molar-refractivity contribution >= 4 is 22.6 Å². The van der Waals surface area contributed by atoms with Crippen LogP contribution in [0.4, 0.5) is 0 Å². The van der Waals surface area contributed by atoms with Crippen molar-refractivity contribution in [3.05, 3.63) is 15.5 Å². The second-order valence-corrected chi connectivity index (χ2v) is 4.71. The molecule has 0 aliphatic heterocycles. The quantitative estimate of drug-likeness (QED) is 0.835. The summed E-state index contributed by atoms with van der Waals surface area (Å²) in [6, 6.07) is 0. The third-order valence-corrected chi connectivity index (χ3v) is 2.64. The monoisotopic (exact) mass is 280 g/mol. The minimum Gasteiger partial charge on any atom is -0.389 e. The van der Waals surface area contributed by atoms with E-state index in [-0.39, 0.29) is 0 Å². The molecule has 12 heavy (non-hydrogen) atoms. The first-order valence-electron chi connectivity index (χ1n) is 3.80. The minimum atomic E-state index is -0.695. The van der Waals surface area contributed by atoms with Crippen LogP contribution in [0.5, 0.6) is 0 Å². The van der Waals surface area contributed by atoms with Crippen LogP contribution in [0.25, 0.3) is 0 Å². The zero-order valence-electron chi connectivity index (χ0n) is 7.50. The maximum atomic E-state index is 9.54. The maximum Gasteiger partial charge on any atom is 0.0786 e. The van der Waals surface area contributed by atoms with Crippen LogP contribution in [0, 0.1) is 10.5 Å². The van der Waals surface area contributed by atoms with Gasteiger partial charge in [0, 0.05) is 5.69 Å². The van der Waals surface area contributed by atoms with E-state index in [0.717, 1.165) is 9.26 Å². The Balaban J connectivity index is 2.83. The molecule has 0 bridgehead atoms.